The van der Waals surface area contributed by atoms with Crippen LogP contribution < -0.4 is 4.72 Å². The Labute approximate surface area is 155 Å². The maximum absolute atomic E-state index is 12.5. The van der Waals surface area contributed by atoms with E-state index in [-0.39, 0.29) is 22.4 Å². The van der Waals surface area contributed by atoms with Crippen LogP contribution in [0.25, 0.3) is 0 Å². The van der Waals surface area contributed by atoms with Crippen LogP contribution in [0.15, 0.2) is 29.3 Å². The number of nitrogens with zero attached hydrogens (tertiary/aromatic N) is 2. The number of thiazole rings is 1. The Balaban J connectivity index is 1.72. The van der Waals surface area contributed by atoms with Crippen LogP contribution in [0.1, 0.15) is 23.3 Å². The van der Waals surface area contributed by atoms with Gasteiger partial charge in [0.1, 0.15) is 0 Å². The summed E-state index contributed by atoms with van der Waals surface area (Å²) < 4.78 is 27.5. The zero-order valence-corrected chi connectivity index (χ0v) is 16.0. The van der Waals surface area contributed by atoms with E-state index in [1.54, 1.807) is 25.3 Å². The highest BCUT2D eigenvalue weighted by atomic mass is 35.5. The van der Waals surface area contributed by atoms with Crippen molar-refractivity contribution in [1.82, 2.24) is 9.88 Å². The van der Waals surface area contributed by atoms with Crippen LogP contribution in [-0.4, -0.2) is 37.3 Å². The fourth-order valence-corrected chi connectivity index (χ4v) is 5.26. The van der Waals surface area contributed by atoms with E-state index in [1.165, 1.54) is 17.4 Å². The van der Waals surface area contributed by atoms with Crippen molar-refractivity contribution in [2.75, 3.05) is 17.8 Å². The second-order valence-corrected chi connectivity index (χ2v) is 9.04. The molecular weight excluding hydrogens is 382 g/mol. The van der Waals surface area contributed by atoms with Crippen molar-refractivity contribution in [3.8, 4) is 0 Å². The quantitative estimate of drug-likeness (QED) is 0.837. The molecule has 0 bridgehead atoms. The number of carbonyl (C=O) groups excluding carboxylic acids is 1. The van der Waals surface area contributed by atoms with Gasteiger partial charge in [-0.1, -0.05) is 17.7 Å². The van der Waals surface area contributed by atoms with E-state index in [4.69, 9.17) is 11.6 Å². The molecule has 0 radical (unpaired) electrons. The minimum atomic E-state index is -3.78. The summed E-state index contributed by atoms with van der Waals surface area (Å²) in [6.07, 6.45) is 3.87. The molecule has 6 nitrogen and oxygen atoms in total. The molecule has 1 fully saturated rings. The second-order valence-electron chi connectivity index (χ2n) is 5.86. The van der Waals surface area contributed by atoms with Crippen molar-refractivity contribution in [2.24, 2.45) is 0 Å². The summed E-state index contributed by atoms with van der Waals surface area (Å²) in [6.45, 7) is 3.25. The number of sulfonamides is 1. The first kappa shape index (κ1) is 18.2. The molecule has 1 aromatic heterocycles. The van der Waals surface area contributed by atoms with Crippen LogP contribution in [0.5, 0.6) is 0 Å². The van der Waals surface area contributed by atoms with E-state index in [9.17, 15) is 13.2 Å². The largest absolute Gasteiger partial charge is 0.342 e. The van der Waals surface area contributed by atoms with E-state index >= 15 is 0 Å². The standard InChI is InChI=1S/C16H18ClN3O3S2/c1-11-13(17)5-4-6-14(11)25(22,23)19-16-18-10-12(24-16)9-15(21)20-7-2-3-8-20/h4-6,10H,2-3,7-9H2,1H3,(H,18,19). The summed E-state index contributed by atoms with van der Waals surface area (Å²) in [4.78, 5) is 18.9. The number of amides is 1. The molecule has 1 aromatic carbocycles. The highest BCUT2D eigenvalue weighted by Crippen LogP contribution is 2.27. The molecule has 1 aliphatic rings. The number of likely N-dealkylation sites (tertiary alicyclic amines) is 1. The minimum Gasteiger partial charge on any atom is -0.342 e. The van der Waals surface area contributed by atoms with Gasteiger partial charge in [0.05, 0.1) is 11.3 Å². The van der Waals surface area contributed by atoms with Gasteiger partial charge in [-0.25, -0.2) is 13.4 Å². The van der Waals surface area contributed by atoms with E-state index in [2.05, 4.69) is 9.71 Å². The van der Waals surface area contributed by atoms with Gasteiger partial charge in [0.25, 0.3) is 10.0 Å². The molecule has 9 heteroatoms. The third-order valence-electron chi connectivity index (χ3n) is 4.07. The van der Waals surface area contributed by atoms with Crippen molar-refractivity contribution in [3.63, 3.8) is 0 Å². The van der Waals surface area contributed by atoms with Gasteiger partial charge < -0.3 is 4.90 Å². The van der Waals surface area contributed by atoms with Gasteiger partial charge in [-0.15, -0.1) is 11.3 Å². The molecule has 2 heterocycles. The van der Waals surface area contributed by atoms with Crippen LogP contribution >= 0.6 is 22.9 Å². The lowest BCUT2D eigenvalue weighted by molar-refractivity contribution is -0.129. The van der Waals surface area contributed by atoms with E-state index in [1.807, 2.05) is 4.90 Å². The minimum absolute atomic E-state index is 0.0567. The fraction of sp³-hybridized carbons (Fsp3) is 0.375. The van der Waals surface area contributed by atoms with Crippen molar-refractivity contribution < 1.29 is 13.2 Å². The number of rotatable bonds is 5. The number of aromatic nitrogens is 1. The molecule has 1 N–H and O–H groups in total. The molecule has 25 heavy (non-hydrogen) atoms. The average molecular weight is 400 g/mol. The van der Waals surface area contributed by atoms with Gasteiger partial charge in [0, 0.05) is 29.2 Å². The summed E-state index contributed by atoms with van der Waals surface area (Å²) in [5.41, 5.74) is 0.484. The molecule has 0 aliphatic carbocycles. The number of nitrogens with one attached hydrogen (secondary N) is 1. The Kier molecular flexibility index (Phi) is 5.31. The van der Waals surface area contributed by atoms with Gasteiger partial charge in [0.15, 0.2) is 5.13 Å². The topological polar surface area (TPSA) is 79.4 Å². The Morgan fingerprint density at radius 3 is 2.80 bits per heavy atom. The zero-order chi connectivity index (χ0) is 18.0. The van der Waals surface area contributed by atoms with Crippen LogP contribution in [0.4, 0.5) is 5.13 Å². The third-order valence-corrected chi connectivity index (χ3v) is 7.00. The predicted molar refractivity (Wildman–Crippen MR) is 98.6 cm³/mol. The Bertz CT molecular complexity index is 890. The molecule has 3 rings (SSSR count). The lowest BCUT2D eigenvalue weighted by Gasteiger charge is -2.13. The van der Waals surface area contributed by atoms with Crippen molar-refractivity contribution in [1.29, 1.82) is 0 Å². The molecule has 1 amide bonds. The number of anilines is 1. The van der Waals surface area contributed by atoms with Crippen molar-refractivity contribution in [2.45, 2.75) is 31.1 Å². The first-order chi connectivity index (χ1) is 11.9. The monoisotopic (exact) mass is 399 g/mol. The second kappa shape index (κ2) is 7.31. The van der Waals surface area contributed by atoms with E-state index in [0.717, 1.165) is 30.8 Å². The molecule has 2 aromatic rings. The van der Waals surface area contributed by atoms with Crippen molar-refractivity contribution >= 4 is 44.0 Å². The molecule has 0 unspecified atom stereocenters. The highest BCUT2D eigenvalue weighted by Gasteiger charge is 2.22. The lowest BCUT2D eigenvalue weighted by atomic mass is 10.2. The predicted octanol–water partition coefficient (Wildman–Crippen LogP) is 3.07. The maximum Gasteiger partial charge on any atom is 0.263 e. The van der Waals surface area contributed by atoms with Gasteiger partial charge in [-0.05, 0) is 37.5 Å². The SMILES string of the molecule is Cc1c(Cl)cccc1S(=O)(=O)Nc1ncc(CC(=O)N2CCCC2)s1. The maximum atomic E-state index is 12.5. The Morgan fingerprint density at radius 2 is 2.08 bits per heavy atom. The summed E-state index contributed by atoms with van der Waals surface area (Å²) in [7, 11) is -3.78. The van der Waals surface area contributed by atoms with Crippen molar-refractivity contribution in [3.05, 3.63) is 39.9 Å². The summed E-state index contributed by atoms with van der Waals surface area (Å²) in [6, 6.07) is 4.72. The number of hydrogen-bond acceptors (Lipinski definition) is 5. The summed E-state index contributed by atoms with van der Waals surface area (Å²) in [5, 5.41) is 0.627. The smallest absolute Gasteiger partial charge is 0.263 e. The fourth-order valence-electron chi connectivity index (χ4n) is 2.71. The third kappa shape index (κ3) is 4.13. The number of benzene rings is 1. The van der Waals surface area contributed by atoms with Crippen LogP contribution in [0.3, 0.4) is 0 Å². The van der Waals surface area contributed by atoms with Crippen LogP contribution in [-0.2, 0) is 21.2 Å². The van der Waals surface area contributed by atoms with E-state index in [0.29, 0.717) is 10.6 Å². The van der Waals surface area contributed by atoms with Gasteiger partial charge >= 0.3 is 0 Å². The zero-order valence-electron chi connectivity index (χ0n) is 13.7. The molecular formula is C16H18ClN3O3S2. The van der Waals surface area contributed by atoms with E-state index < -0.39 is 10.0 Å². The molecule has 0 saturated carbocycles. The van der Waals surface area contributed by atoms with Crippen LogP contribution in [0, 0.1) is 6.92 Å². The molecule has 134 valence electrons. The lowest BCUT2D eigenvalue weighted by Crippen LogP contribution is -2.28. The normalized spacial score (nSPS) is 14.7. The van der Waals surface area contributed by atoms with Gasteiger partial charge in [-0.2, -0.15) is 0 Å². The molecule has 0 atom stereocenters. The summed E-state index contributed by atoms with van der Waals surface area (Å²) >= 11 is 7.17. The summed E-state index contributed by atoms with van der Waals surface area (Å²) in [5.74, 6) is 0.0567. The first-order valence-electron chi connectivity index (χ1n) is 7.87. The Hall–Kier alpha value is -1.64. The van der Waals surface area contributed by atoms with Crippen LogP contribution in [0.2, 0.25) is 5.02 Å². The first-order valence-corrected chi connectivity index (χ1v) is 10.5. The highest BCUT2D eigenvalue weighted by molar-refractivity contribution is 7.93. The average Bonchev–Trinajstić information content (AvgIpc) is 3.21. The molecule has 1 saturated heterocycles. The van der Waals surface area contributed by atoms with Gasteiger partial charge in [-0.3, -0.25) is 9.52 Å². The number of carbonyl (C=O) groups is 1. The van der Waals surface area contributed by atoms with Gasteiger partial charge in [0.2, 0.25) is 5.91 Å². The Morgan fingerprint density at radius 1 is 1.36 bits per heavy atom. The molecule has 1 aliphatic heterocycles. The number of halogens is 1. The number of hydrogen-bond donors (Lipinski definition) is 1. The molecule has 0 spiro atoms.